The molecule has 0 saturated heterocycles. The number of nitrogens with one attached hydrogen (secondary N) is 2. The quantitative estimate of drug-likeness (QED) is 0.219. The molecule has 1 aliphatic rings. The van der Waals surface area contributed by atoms with Crippen LogP contribution in [-0.4, -0.2) is 59.2 Å². The van der Waals surface area contributed by atoms with Gasteiger partial charge in [0.1, 0.15) is 9.84 Å². The van der Waals surface area contributed by atoms with Gasteiger partial charge in [-0.25, -0.2) is 8.42 Å². The Morgan fingerprint density at radius 3 is 2.44 bits per heavy atom. The molecule has 1 aliphatic carbocycles. The smallest absolute Gasteiger partial charge is 0.191 e. The molecule has 2 rings (SSSR count). The van der Waals surface area contributed by atoms with Crippen molar-refractivity contribution in [1.82, 2.24) is 10.6 Å². The molecule has 1 aromatic carbocycles. The molecule has 154 valence electrons. The van der Waals surface area contributed by atoms with Crippen molar-refractivity contribution in [3.63, 3.8) is 0 Å². The zero-order chi connectivity index (χ0) is 18.9. The van der Waals surface area contributed by atoms with Gasteiger partial charge in [-0.3, -0.25) is 4.99 Å². The number of halogens is 1. The minimum atomic E-state index is -2.97. The van der Waals surface area contributed by atoms with E-state index in [1.54, 1.807) is 0 Å². The summed E-state index contributed by atoms with van der Waals surface area (Å²) in [6.07, 6.45) is 4.82. The molecule has 0 amide bonds. The minimum Gasteiger partial charge on any atom is -0.379 e. The second-order valence-corrected chi connectivity index (χ2v) is 9.12. The minimum absolute atomic E-state index is 0. The fraction of sp³-hybridized carbons (Fsp3) is 0.632. The van der Waals surface area contributed by atoms with Crippen LogP contribution in [0, 0.1) is 0 Å². The Bertz CT molecular complexity index is 677. The first-order valence-corrected chi connectivity index (χ1v) is 11.3. The SMILES string of the molecule is CCNC(=NCC1(c2ccccc2)CCC1)NCCOCCS(C)(=O)=O.I. The molecule has 1 fully saturated rings. The van der Waals surface area contributed by atoms with Crippen LogP contribution in [0.2, 0.25) is 0 Å². The molecule has 6 nitrogen and oxygen atoms in total. The monoisotopic (exact) mass is 509 g/mol. The van der Waals surface area contributed by atoms with Gasteiger partial charge in [-0.15, -0.1) is 24.0 Å². The van der Waals surface area contributed by atoms with Crippen molar-refractivity contribution in [1.29, 1.82) is 0 Å². The second kappa shape index (κ2) is 11.9. The zero-order valence-corrected chi connectivity index (χ0v) is 19.4. The molecule has 1 aromatic rings. The summed E-state index contributed by atoms with van der Waals surface area (Å²) in [7, 11) is -2.97. The van der Waals surface area contributed by atoms with Gasteiger partial charge in [0.25, 0.3) is 0 Å². The number of rotatable bonds is 10. The molecule has 1 saturated carbocycles. The number of benzene rings is 1. The predicted molar refractivity (Wildman–Crippen MR) is 122 cm³/mol. The van der Waals surface area contributed by atoms with Crippen LogP contribution >= 0.6 is 24.0 Å². The van der Waals surface area contributed by atoms with E-state index >= 15 is 0 Å². The molecule has 0 radical (unpaired) electrons. The maximum absolute atomic E-state index is 11.1. The Labute approximate surface area is 180 Å². The lowest BCUT2D eigenvalue weighted by Crippen LogP contribution is -2.42. The number of hydrogen-bond donors (Lipinski definition) is 2. The first-order chi connectivity index (χ1) is 12.5. The summed E-state index contributed by atoms with van der Waals surface area (Å²) in [5.41, 5.74) is 1.53. The van der Waals surface area contributed by atoms with Gasteiger partial charge in [0.2, 0.25) is 0 Å². The number of ether oxygens (including phenoxy) is 1. The summed E-state index contributed by atoms with van der Waals surface area (Å²) in [6.45, 7) is 4.86. The molecular weight excluding hydrogens is 477 g/mol. The first kappa shape index (κ1) is 24.2. The van der Waals surface area contributed by atoms with Crippen LogP contribution in [0.4, 0.5) is 0 Å². The maximum atomic E-state index is 11.1. The van der Waals surface area contributed by atoms with E-state index in [9.17, 15) is 8.42 Å². The van der Waals surface area contributed by atoms with E-state index in [2.05, 4.69) is 41.0 Å². The Morgan fingerprint density at radius 1 is 1.19 bits per heavy atom. The number of aliphatic imine (C=N–C) groups is 1. The maximum Gasteiger partial charge on any atom is 0.191 e. The highest BCUT2D eigenvalue weighted by molar-refractivity contribution is 14.0. The molecule has 0 atom stereocenters. The van der Waals surface area contributed by atoms with Crippen LogP contribution in [-0.2, 0) is 20.0 Å². The molecular formula is C19H32IN3O3S. The first-order valence-electron chi connectivity index (χ1n) is 9.28. The molecule has 2 N–H and O–H groups in total. The summed E-state index contributed by atoms with van der Waals surface area (Å²) >= 11 is 0. The second-order valence-electron chi connectivity index (χ2n) is 6.86. The molecule has 0 aliphatic heterocycles. The van der Waals surface area contributed by atoms with E-state index in [4.69, 9.17) is 9.73 Å². The van der Waals surface area contributed by atoms with Crippen molar-refractivity contribution in [3.8, 4) is 0 Å². The highest BCUT2D eigenvalue weighted by Crippen LogP contribution is 2.43. The summed E-state index contributed by atoms with van der Waals surface area (Å²) in [5, 5.41) is 6.51. The Balaban J connectivity index is 0.00000364. The third kappa shape index (κ3) is 8.35. The Hall–Kier alpha value is -0.870. The number of nitrogens with zero attached hydrogens (tertiary/aromatic N) is 1. The van der Waals surface area contributed by atoms with Gasteiger partial charge in [-0.05, 0) is 25.3 Å². The Morgan fingerprint density at radius 2 is 1.89 bits per heavy atom. The van der Waals surface area contributed by atoms with E-state index in [0.717, 1.165) is 19.0 Å². The number of sulfone groups is 1. The fourth-order valence-corrected chi connectivity index (χ4v) is 3.48. The summed E-state index contributed by atoms with van der Waals surface area (Å²) in [6, 6.07) is 10.6. The van der Waals surface area contributed by atoms with Gasteiger partial charge in [0.05, 0.1) is 25.5 Å². The Kier molecular flexibility index (Phi) is 10.6. The van der Waals surface area contributed by atoms with Gasteiger partial charge in [0.15, 0.2) is 5.96 Å². The van der Waals surface area contributed by atoms with Crippen LogP contribution in [0.3, 0.4) is 0 Å². The van der Waals surface area contributed by atoms with Crippen molar-refractivity contribution >= 4 is 39.8 Å². The van der Waals surface area contributed by atoms with Gasteiger partial charge in [0, 0.05) is 24.8 Å². The van der Waals surface area contributed by atoms with Crippen LogP contribution in [0.25, 0.3) is 0 Å². The molecule has 27 heavy (non-hydrogen) atoms. The number of guanidine groups is 1. The average Bonchev–Trinajstić information content (AvgIpc) is 2.57. The molecule has 0 unspecified atom stereocenters. The van der Waals surface area contributed by atoms with E-state index < -0.39 is 9.84 Å². The highest BCUT2D eigenvalue weighted by Gasteiger charge is 2.38. The van der Waals surface area contributed by atoms with E-state index in [0.29, 0.717) is 13.2 Å². The lowest BCUT2D eigenvalue weighted by atomic mass is 9.64. The van der Waals surface area contributed by atoms with Crippen LogP contribution in [0.5, 0.6) is 0 Å². The third-order valence-corrected chi connectivity index (χ3v) is 5.63. The van der Waals surface area contributed by atoms with E-state index in [1.165, 1.54) is 31.1 Å². The van der Waals surface area contributed by atoms with Crippen molar-refractivity contribution in [2.45, 2.75) is 31.6 Å². The van der Waals surface area contributed by atoms with Crippen molar-refractivity contribution in [2.75, 3.05) is 44.9 Å². The van der Waals surface area contributed by atoms with Crippen LogP contribution < -0.4 is 10.6 Å². The summed E-state index contributed by atoms with van der Waals surface area (Å²) in [5.74, 6) is 0.835. The largest absolute Gasteiger partial charge is 0.379 e. The standard InChI is InChI=1S/C19H31N3O3S.HI/c1-3-20-18(21-12-13-25-14-15-26(2,23)24)22-16-19(10-7-11-19)17-8-5-4-6-9-17;/h4-6,8-9H,3,7,10-16H2,1-2H3,(H2,20,21,22);1H. The van der Waals surface area contributed by atoms with Crippen molar-refractivity contribution in [3.05, 3.63) is 35.9 Å². The van der Waals surface area contributed by atoms with Gasteiger partial charge >= 0.3 is 0 Å². The van der Waals surface area contributed by atoms with Gasteiger partial charge < -0.3 is 15.4 Å². The fourth-order valence-electron chi connectivity index (χ4n) is 3.06. The topological polar surface area (TPSA) is 79.8 Å². The van der Waals surface area contributed by atoms with Crippen molar-refractivity contribution < 1.29 is 13.2 Å². The highest BCUT2D eigenvalue weighted by atomic mass is 127. The zero-order valence-electron chi connectivity index (χ0n) is 16.2. The molecule has 0 bridgehead atoms. The van der Waals surface area contributed by atoms with E-state index in [1.807, 2.05) is 6.92 Å². The molecule has 8 heteroatoms. The van der Waals surface area contributed by atoms with Crippen molar-refractivity contribution in [2.24, 2.45) is 4.99 Å². The summed E-state index contributed by atoms with van der Waals surface area (Å²) < 4.78 is 27.5. The van der Waals surface area contributed by atoms with Gasteiger partial charge in [-0.2, -0.15) is 0 Å². The molecule has 0 spiro atoms. The van der Waals surface area contributed by atoms with Crippen LogP contribution in [0.15, 0.2) is 35.3 Å². The normalized spacial score (nSPS) is 16.1. The predicted octanol–water partition coefficient (Wildman–Crippen LogP) is 2.34. The molecule has 0 heterocycles. The van der Waals surface area contributed by atoms with E-state index in [-0.39, 0.29) is 41.8 Å². The lowest BCUT2D eigenvalue weighted by molar-refractivity contribution is 0.154. The third-order valence-electron chi connectivity index (χ3n) is 4.72. The average molecular weight is 509 g/mol. The molecule has 0 aromatic heterocycles. The summed E-state index contributed by atoms with van der Waals surface area (Å²) in [4.78, 5) is 4.78. The van der Waals surface area contributed by atoms with Crippen LogP contribution in [0.1, 0.15) is 31.7 Å². The lowest BCUT2D eigenvalue weighted by Gasteiger charge is -2.41. The van der Waals surface area contributed by atoms with Gasteiger partial charge in [-0.1, -0.05) is 36.8 Å². The number of hydrogen-bond acceptors (Lipinski definition) is 4.